The fraction of sp³-hybridized carbons (Fsp3) is 0.581. The molecular formula is C31H45N5O2Si. The second-order valence-electron chi connectivity index (χ2n) is 12.4. The molecule has 0 saturated heterocycles. The van der Waals surface area contributed by atoms with Crippen molar-refractivity contribution in [1.82, 2.24) is 14.5 Å². The molecule has 1 atom stereocenters. The smallest absolute Gasteiger partial charge is 0.193 e. The number of benzene rings is 1. The fourth-order valence-electron chi connectivity index (χ4n) is 5.23. The van der Waals surface area contributed by atoms with Gasteiger partial charge in [0.15, 0.2) is 8.32 Å². The summed E-state index contributed by atoms with van der Waals surface area (Å²) in [6.07, 6.45) is 5.86. The molecule has 0 unspecified atom stereocenters. The third-order valence-corrected chi connectivity index (χ3v) is 13.1. The Labute approximate surface area is 239 Å². The van der Waals surface area contributed by atoms with Crippen molar-refractivity contribution in [2.45, 2.75) is 96.6 Å². The summed E-state index contributed by atoms with van der Waals surface area (Å²) >= 11 is 0. The van der Waals surface area contributed by atoms with Crippen LogP contribution in [0.2, 0.25) is 18.1 Å². The van der Waals surface area contributed by atoms with Crippen molar-refractivity contribution in [3.05, 3.63) is 47.9 Å². The first-order valence-electron chi connectivity index (χ1n) is 15.5. The first-order chi connectivity index (χ1) is 19.6. The molecule has 39 heavy (non-hydrogen) atoms. The summed E-state index contributed by atoms with van der Waals surface area (Å²) in [6, 6.07) is 11.8. The lowest BCUT2D eigenvalue weighted by Gasteiger charge is -2.39. The van der Waals surface area contributed by atoms with Gasteiger partial charge in [0.2, 0.25) is 0 Å². The van der Waals surface area contributed by atoms with Crippen LogP contribution in [0.15, 0.2) is 36.5 Å². The highest BCUT2D eigenvalue weighted by atomic mass is 28.4. The SMILES string of the molecule is [2H]C([2H])([2H])N(Cc1ccc(OC)cc1)c1cc2c(cn1)nc([C@@H](C)O[Si](C)(C)C(C)(C)C)n2C1CCC(CC#N)CC1. The second kappa shape index (κ2) is 11.7. The molecule has 2 aromatic heterocycles. The minimum absolute atomic E-state index is 0.0455. The van der Waals surface area contributed by atoms with Crippen molar-refractivity contribution in [3.8, 4) is 11.8 Å². The van der Waals surface area contributed by atoms with Gasteiger partial charge < -0.3 is 18.6 Å². The summed E-state index contributed by atoms with van der Waals surface area (Å²) in [4.78, 5) is 11.0. The largest absolute Gasteiger partial charge is 0.497 e. The van der Waals surface area contributed by atoms with Crippen molar-refractivity contribution >= 4 is 25.2 Å². The van der Waals surface area contributed by atoms with Gasteiger partial charge in [0, 0.05) is 36.2 Å². The van der Waals surface area contributed by atoms with E-state index in [4.69, 9.17) is 18.3 Å². The summed E-state index contributed by atoms with van der Waals surface area (Å²) in [5.74, 6) is 2.36. The van der Waals surface area contributed by atoms with Crippen molar-refractivity contribution in [2.24, 2.45) is 5.92 Å². The molecular weight excluding hydrogens is 502 g/mol. The van der Waals surface area contributed by atoms with Crippen molar-refractivity contribution < 1.29 is 13.3 Å². The van der Waals surface area contributed by atoms with Crippen LogP contribution >= 0.6 is 0 Å². The van der Waals surface area contributed by atoms with Crippen LogP contribution in [0.4, 0.5) is 5.82 Å². The van der Waals surface area contributed by atoms with Crippen LogP contribution in [0.3, 0.4) is 0 Å². The number of fused-ring (bicyclic) bond motifs is 1. The van der Waals surface area contributed by atoms with Crippen molar-refractivity contribution in [3.63, 3.8) is 0 Å². The Morgan fingerprint density at radius 3 is 2.49 bits per heavy atom. The summed E-state index contributed by atoms with van der Waals surface area (Å²) in [7, 11) is -0.489. The van der Waals surface area contributed by atoms with Crippen LogP contribution in [-0.4, -0.2) is 36.9 Å². The molecule has 1 aromatic carbocycles. The first-order valence-corrected chi connectivity index (χ1v) is 16.9. The molecule has 4 rings (SSSR count). The lowest BCUT2D eigenvalue weighted by atomic mass is 9.84. The lowest BCUT2D eigenvalue weighted by molar-refractivity contribution is 0.180. The van der Waals surface area contributed by atoms with Gasteiger partial charge in [-0.05, 0) is 74.4 Å². The Balaban J connectivity index is 1.78. The third-order valence-electron chi connectivity index (χ3n) is 8.57. The fourth-order valence-corrected chi connectivity index (χ4v) is 6.57. The molecule has 1 fully saturated rings. The highest BCUT2D eigenvalue weighted by Gasteiger charge is 2.40. The zero-order valence-electron chi connectivity index (χ0n) is 27.5. The van der Waals surface area contributed by atoms with E-state index < -0.39 is 15.3 Å². The summed E-state index contributed by atoms with van der Waals surface area (Å²) in [5.41, 5.74) is 2.44. The van der Waals surface area contributed by atoms with Crippen LogP contribution in [0.1, 0.15) is 87.4 Å². The molecule has 8 heteroatoms. The van der Waals surface area contributed by atoms with E-state index in [-0.39, 0.29) is 23.7 Å². The Kier molecular flexibility index (Phi) is 7.52. The number of pyridine rings is 1. The predicted octanol–water partition coefficient (Wildman–Crippen LogP) is 7.80. The van der Waals surface area contributed by atoms with E-state index in [2.05, 4.69) is 56.4 Å². The van der Waals surface area contributed by atoms with Gasteiger partial charge >= 0.3 is 0 Å². The number of methoxy groups -OCH3 is 1. The Hall–Kier alpha value is -2.89. The molecule has 7 nitrogen and oxygen atoms in total. The molecule has 1 aliphatic carbocycles. The maximum absolute atomic E-state index is 9.24. The average Bonchev–Trinajstić information content (AvgIpc) is 3.30. The van der Waals surface area contributed by atoms with Crippen molar-refractivity contribution in [2.75, 3.05) is 19.0 Å². The highest BCUT2D eigenvalue weighted by molar-refractivity contribution is 6.74. The van der Waals surface area contributed by atoms with Gasteiger partial charge in [-0.15, -0.1) is 0 Å². The maximum Gasteiger partial charge on any atom is 0.193 e. The van der Waals surface area contributed by atoms with Gasteiger partial charge in [-0.25, -0.2) is 9.97 Å². The second-order valence-corrected chi connectivity index (χ2v) is 17.1. The zero-order valence-corrected chi connectivity index (χ0v) is 25.5. The standard InChI is InChI=1S/C31H45N5O2Si/c1-22(38-39(7,8)31(2,3)4)30-34-27-20-33-29(35(5)21-24-11-15-26(37-6)16-12-24)19-28(27)36(30)25-13-9-23(10-14-25)17-18-32/h11-12,15-16,19-20,22-23,25H,9-10,13-14,17,21H2,1-8H3/t22-,23?,25?/m1/s1/i5D3. The Morgan fingerprint density at radius 2 is 1.90 bits per heavy atom. The van der Waals surface area contributed by atoms with Crippen LogP contribution in [0.25, 0.3) is 11.0 Å². The van der Waals surface area contributed by atoms with E-state index in [9.17, 15) is 5.26 Å². The van der Waals surface area contributed by atoms with Crippen molar-refractivity contribution in [1.29, 1.82) is 5.26 Å². The first kappa shape index (κ1) is 25.1. The van der Waals surface area contributed by atoms with Crippen LogP contribution in [0, 0.1) is 17.2 Å². The van der Waals surface area contributed by atoms with Gasteiger partial charge in [-0.2, -0.15) is 5.26 Å². The number of ether oxygens (including phenoxy) is 1. The molecule has 0 aliphatic heterocycles. The summed E-state index contributed by atoms with van der Waals surface area (Å²) in [6.45, 7) is 11.0. The van der Waals surface area contributed by atoms with Gasteiger partial charge in [-0.3, -0.25) is 0 Å². The molecule has 0 amide bonds. The van der Waals surface area contributed by atoms with Crippen LogP contribution < -0.4 is 9.64 Å². The number of hydrogen-bond donors (Lipinski definition) is 0. The molecule has 1 aliphatic rings. The van der Waals surface area contributed by atoms with Gasteiger partial charge in [0.05, 0.1) is 24.9 Å². The number of rotatable bonds is 9. The summed E-state index contributed by atoms with van der Waals surface area (Å²) in [5, 5.41) is 9.28. The van der Waals surface area contributed by atoms with E-state index >= 15 is 0 Å². The van der Waals surface area contributed by atoms with Gasteiger partial charge in [0.1, 0.15) is 29.0 Å². The van der Waals surface area contributed by atoms with Gasteiger partial charge in [0.25, 0.3) is 0 Å². The normalized spacial score (nSPS) is 20.5. The van der Waals surface area contributed by atoms with E-state index in [0.29, 0.717) is 23.9 Å². The quantitative estimate of drug-likeness (QED) is 0.253. The number of nitriles is 1. The third kappa shape index (κ3) is 6.47. The van der Waals surface area contributed by atoms with E-state index in [1.54, 1.807) is 13.3 Å². The number of anilines is 1. The number of aromatic nitrogens is 3. The number of imidazole rings is 1. The molecule has 3 aromatic rings. The van der Waals surface area contributed by atoms with E-state index in [1.807, 2.05) is 30.3 Å². The van der Waals surface area contributed by atoms with E-state index in [0.717, 1.165) is 48.1 Å². The maximum atomic E-state index is 9.24. The molecule has 0 bridgehead atoms. The van der Waals surface area contributed by atoms with Gasteiger partial charge in [-0.1, -0.05) is 32.9 Å². The van der Waals surface area contributed by atoms with Crippen LogP contribution in [-0.2, 0) is 11.0 Å². The van der Waals surface area contributed by atoms with E-state index in [1.165, 1.54) is 4.90 Å². The minimum Gasteiger partial charge on any atom is -0.497 e. The monoisotopic (exact) mass is 550 g/mol. The number of hydrogen-bond acceptors (Lipinski definition) is 6. The lowest BCUT2D eigenvalue weighted by Crippen LogP contribution is -2.41. The number of nitrogens with zero attached hydrogens (tertiary/aromatic N) is 5. The molecule has 1 saturated carbocycles. The highest BCUT2D eigenvalue weighted by Crippen LogP contribution is 2.42. The topological polar surface area (TPSA) is 76.2 Å². The molecule has 210 valence electrons. The average molecular weight is 551 g/mol. The predicted molar refractivity (Wildman–Crippen MR) is 161 cm³/mol. The Morgan fingerprint density at radius 1 is 1.21 bits per heavy atom. The summed E-state index contributed by atoms with van der Waals surface area (Å²) < 4.78 is 39.4. The minimum atomic E-state index is -2.40. The molecule has 0 spiro atoms. The Bertz CT molecular complexity index is 1400. The molecule has 0 radical (unpaired) electrons. The molecule has 0 N–H and O–H groups in total. The van der Waals surface area contributed by atoms with Crippen LogP contribution in [0.5, 0.6) is 5.75 Å². The zero-order chi connectivity index (χ0) is 30.9. The molecule has 2 heterocycles.